The van der Waals surface area contributed by atoms with E-state index in [1.165, 1.54) is 11.0 Å². The van der Waals surface area contributed by atoms with Crippen LogP contribution in [0.1, 0.15) is 28.7 Å². The number of benzene rings is 2. The Morgan fingerprint density at radius 2 is 1.74 bits per heavy atom. The molecule has 2 aromatic carbocycles. The number of halogens is 1. The number of aliphatic hydroxyl groups excluding tert-OH is 2. The van der Waals surface area contributed by atoms with Gasteiger partial charge in [-0.25, -0.2) is 0 Å². The van der Waals surface area contributed by atoms with E-state index in [0.29, 0.717) is 11.1 Å². The van der Waals surface area contributed by atoms with Gasteiger partial charge in [0.25, 0.3) is 5.91 Å². The number of Topliss-reactive ketones (excluding diaryl/α,β-unsaturated/α-hetero) is 2. The fourth-order valence-electron chi connectivity index (χ4n) is 6.18. The Bertz CT molecular complexity index is 1520. The third-order valence-corrected chi connectivity index (χ3v) is 8.49. The molecule has 1 fully saturated rings. The Morgan fingerprint density at radius 3 is 2.36 bits per heavy atom. The van der Waals surface area contributed by atoms with Gasteiger partial charge in [-0.3, -0.25) is 19.3 Å². The number of amides is 1. The predicted octanol–water partition coefficient (Wildman–Crippen LogP) is 2.90. The van der Waals surface area contributed by atoms with Gasteiger partial charge in [0.1, 0.15) is 22.8 Å². The van der Waals surface area contributed by atoms with Crippen molar-refractivity contribution in [2.75, 3.05) is 14.1 Å². The average molecular weight is 595 g/mol. The van der Waals surface area contributed by atoms with E-state index in [-0.39, 0.29) is 29.7 Å². The lowest BCUT2D eigenvalue weighted by atomic mass is 9.57. The van der Waals surface area contributed by atoms with E-state index in [0.717, 1.165) is 10.0 Å². The number of nitrogens with zero attached hydrogens (tertiary/aromatic N) is 1. The maximum atomic E-state index is 13.9. The van der Waals surface area contributed by atoms with Gasteiger partial charge in [0.15, 0.2) is 11.4 Å². The summed E-state index contributed by atoms with van der Waals surface area (Å²) in [6.45, 7) is 0. The molecule has 3 aliphatic rings. The lowest BCUT2D eigenvalue weighted by Crippen LogP contribution is -2.65. The average Bonchev–Trinajstić information content (AvgIpc) is 2.86. The second-order valence-electron chi connectivity index (χ2n) is 10.4. The number of likely N-dealkylation sites (N-methyl/N-ethyl adjacent to an activating group) is 1. The van der Waals surface area contributed by atoms with Gasteiger partial charge >= 0.3 is 0 Å². The molecule has 1 saturated carbocycles. The zero-order valence-electron chi connectivity index (χ0n) is 21.2. The highest BCUT2D eigenvalue weighted by Crippen LogP contribution is 2.53. The van der Waals surface area contributed by atoms with Crippen LogP contribution in [-0.2, 0) is 20.8 Å². The number of hydrogen-bond acceptors (Lipinski definition) is 8. The Morgan fingerprint density at radius 1 is 1.08 bits per heavy atom. The normalized spacial score (nSPS) is 26.6. The molecule has 0 aliphatic heterocycles. The molecule has 202 valence electrons. The van der Waals surface area contributed by atoms with Crippen molar-refractivity contribution in [1.29, 1.82) is 0 Å². The Hall–Kier alpha value is -3.73. The highest BCUT2D eigenvalue weighted by Gasteiger charge is 2.64. The number of phenolic OH excluding ortho intramolecular Hbond substituents is 1. The number of hydrogen-bond donors (Lipinski definition) is 5. The van der Waals surface area contributed by atoms with E-state index >= 15 is 0 Å². The number of primary amides is 1. The number of rotatable bonds is 4. The molecule has 0 spiro atoms. The third kappa shape index (κ3) is 4.02. The van der Waals surface area contributed by atoms with Crippen molar-refractivity contribution in [3.05, 3.63) is 80.0 Å². The van der Waals surface area contributed by atoms with E-state index in [1.807, 2.05) is 36.4 Å². The van der Waals surface area contributed by atoms with Crippen LogP contribution in [0, 0.1) is 11.8 Å². The number of nitrogens with two attached hydrogens (primary N) is 1. The molecule has 5 rings (SSSR count). The first-order chi connectivity index (χ1) is 18.4. The first-order valence-corrected chi connectivity index (χ1v) is 13.1. The highest BCUT2D eigenvalue weighted by atomic mass is 79.9. The largest absolute Gasteiger partial charge is 0.508 e. The summed E-state index contributed by atoms with van der Waals surface area (Å²) in [4.78, 5) is 40.6. The minimum absolute atomic E-state index is 0.0390. The first-order valence-electron chi connectivity index (χ1n) is 12.3. The molecule has 4 atom stereocenters. The molecule has 0 bridgehead atoms. The van der Waals surface area contributed by atoms with Gasteiger partial charge in [0.05, 0.1) is 11.6 Å². The summed E-state index contributed by atoms with van der Waals surface area (Å²) in [5, 5.41) is 44.6. The van der Waals surface area contributed by atoms with Crippen molar-refractivity contribution in [3.8, 4) is 5.75 Å². The quantitative estimate of drug-likeness (QED) is 0.266. The summed E-state index contributed by atoms with van der Waals surface area (Å²) >= 11 is 3.41. The molecule has 1 amide bonds. The Balaban J connectivity index is 1.66. The fraction of sp³-hybridized carbons (Fsp3) is 0.276. The smallest absolute Gasteiger partial charge is 0.255 e. The SMILES string of the molecule is CN(C)[C@@H]1C(=O)C(C(N)=O)=C(O)[C@@]2(O)C(=O)C3=C(O)c4c(O)ccc(/C=C/c5ccc(Br)cc5)c4C[C@H]3C[C@@H]12. The van der Waals surface area contributed by atoms with Crippen LogP contribution in [0.3, 0.4) is 0 Å². The van der Waals surface area contributed by atoms with Crippen LogP contribution in [-0.4, -0.2) is 68.5 Å². The van der Waals surface area contributed by atoms with Crippen LogP contribution in [0.5, 0.6) is 5.75 Å². The van der Waals surface area contributed by atoms with Gasteiger partial charge in [-0.1, -0.05) is 46.3 Å². The number of ketones is 2. The molecule has 0 radical (unpaired) electrons. The van der Waals surface area contributed by atoms with E-state index in [4.69, 9.17) is 5.73 Å². The summed E-state index contributed by atoms with van der Waals surface area (Å²) in [7, 11) is 3.13. The lowest BCUT2D eigenvalue weighted by Gasteiger charge is -2.50. The molecule has 3 aliphatic carbocycles. The maximum Gasteiger partial charge on any atom is 0.255 e. The minimum atomic E-state index is -2.65. The van der Waals surface area contributed by atoms with E-state index in [1.54, 1.807) is 20.2 Å². The van der Waals surface area contributed by atoms with Gasteiger partial charge < -0.3 is 26.2 Å². The molecule has 0 saturated heterocycles. The van der Waals surface area contributed by atoms with Crippen molar-refractivity contribution < 1.29 is 34.8 Å². The number of carbonyl (C=O) groups is 3. The molecule has 0 aromatic heterocycles. The van der Waals surface area contributed by atoms with Gasteiger partial charge in [0, 0.05) is 16.0 Å². The van der Waals surface area contributed by atoms with E-state index in [9.17, 15) is 34.8 Å². The summed E-state index contributed by atoms with van der Waals surface area (Å²) in [6.07, 6.45) is 4.00. The Labute approximate surface area is 232 Å². The van der Waals surface area contributed by atoms with Gasteiger partial charge in [-0.2, -0.15) is 0 Å². The number of aromatic hydroxyl groups is 1. The van der Waals surface area contributed by atoms with Crippen LogP contribution < -0.4 is 5.73 Å². The van der Waals surface area contributed by atoms with Crippen molar-refractivity contribution in [1.82, 2.24) is 4.90 Å². The zero-order chi connectivity index (χ0) is 28.4. The molecular formula is C29H27BrN2O7. The minimum Gasteiger partial charge on any atom is -0.508 e. The highest BCUT2D eigenvalue weighted by molar-refractivity contribution is 9.10. The molecule has 0 heterocycles. The molecule has 10 heteroatoms. The number of phenols is 1. The van der Waals surface area contributed by atoms with E-state index in [2.05, 4.69) is 15.9 Å². The summed E-state index contributed by atoms with van der Waals surface area (Å²) in [5.74, 6) is -6.69. The molecule has 0 unspecified atom stereocenters. The first kappa shape index (κ1) is 26.9. The lowest BCUT2D eigenvalue weighted by molar-refractivity contribution is -0.153. The van der Waals surface area contributed by atoms with Crippen LogP contribution in [0.25, 0.3) is 17.9 Å². The summed E-state index contributed by atoms with van der Waals surface area (Å²) in [6, 6.07) is 9.65. The van der Waals surface area contributed by atoms with Crippen molar-refractivity contribution in [3.63, 3.8) is 0 Å². The number of fused-ring (bicyclic) bond motifs is 3. The van der Waals surface area contributed by atoms with Gasteiger partial charge in [-0.15, -0.1) is 0 Å². The number of aliphatic hydroxyl groups is 3. The summed E-state index contributed by atoms with van der Waals surface area (Å²) < 4.78 is 0.937. The Kier molecular flexibility index (Phi) is 6.53. The number of carbonyl (C=O) groups excluding carboxylic acids is 3. The van der Waals surface area contributed by atoms with E-state index < -0.39 is 58.0 Å². The molecule has 6 N–H and O–H groups in total. The second kappa shape index (κ2) is 9.48. The fourth-order valence-corrected chi connectivity index (χ4v) is 6.45. The summed E-state index contributed by atoms with van der Waals surface area (Å²) in [5.41, 5.74) is 4.00. The van der Waals surface area contributed by atoms with Gasteiger partial charge in [0.2, 0.25) is 5.78 Å². The second-order valence-corrected chi connectivity index (χ2v) is 11.3. The van der Waals surface area contributed by atoms with Crippen LogP contribution in [0.15, 0.2) is 57.8 Å². The molecular weight excluding hydrogens is 568 g/mol. The standard InChI is InChI=1S/C29H27BrN2O7/c1-32(2)23-18-12-15-11-17-14(6-3-13-4-8-16(30)9-5-13)7-10-19(33)21(17)24(34)20(15)26(36)29(18,39)27(37)22(25(23)35)28(31)38/h3-10,15,18,23,33-34,37,39H,11-12H2,1-2H3,(H2,31,38)/b6-3+/t15-,18-,23-,29-/m0/s1. The maximum absolute atomic E-state index is 13.9. The van der Waals surface area contributed by atoms with Crippen LogP contribution >= 0.6 is 15.9 Å². The van der Waals surface area contributed by atoms with Crippen molar-refractivity contribution in [2.24, 2.45) is 17.6 Å². The topological polar surface area (TPSA) is 161 Å². The molecule has 39 heavy (non-hydrogen) atoms. The van der Waals surface area contributed by atoms with Crippen molar-refractivity contribution in [2.45, 2.75) is 24.5 Å². The monoisotopic (exact) mass is 594 g/mol. The van der Waals surface area contributed by atoms with Crippen LogP contribution in [0.4, 0.5) is 0 Å². The van der Waals surface area contributed by atoms with Crippen molar-refractivity contribution >= 4 is 51.3 Å². The molecule has 2 aromatic rings. The predicted molar refractivity (Wildman–Crippen MR) is 147 cm³/mol. The zero-order valence-corrected chi connectivity index (χ0v) is 22.8. The van der Waals surface area contributed by atoms with Gasteiger partial charge in [-0.05, 0) is 67.7 Å². The third-order valence-electron chi connectivity index (χ3n) is 7.97. The van der Waals surface area contributed by atoms with Crippen LogP contribution in [0.2, 0.25) is 0 Å². The molecule has 9 nitrogen and oxygen atoms in total.